The molecule has 0 heterocycles. The van der Waals surface area contributed by atoms with Crippen LogP contribution in [0.25, 0.3) is 0 Å². The summed E-state index contributed by atoms with van der Waals surface area (Å²) >= 11 is 0. The molecule has 1 aliphatic rings. The molecular formula is C13H25B. The van der Waals surface area contributed by atoms with Gasteiger partial charge in [0.1, 0.15) is 0 Å². The van der Waals surface area contributed by atoms with Crippen LogP contribution in [-0.4, -0.2) is 7.85 Å². The molecule has 5 unspecified atom stereocenters. The Morgan fingerprint density at radius 2 is 2.00 bits per heavy atom. The van der Waals surface area contributed by atoms with Crippen molar-refractivity contribution in [3.63, 3.8) is 0 Å². The smallest absolute Gasteiger partial charge is 0.0703 e. The average Bonchev–Trinajstić information content (AvgIpc) is 2.38. The Kier molecular flexibility index (Phi) is 3.72. The zero-order valence-electron chi connectivity index (χ0n) is 10.5. The quantitative estimate of drug-likeness (QED) is 0.591. The van der Waals surface area contributed by atoms with Crippen LogP contribution in [0.3, 0.4) is 0 Å². The number of hydrogen-bond donors (Lipinski definition) is 0. The molecule has 0 aliphatic heterocycles. The Morgan fingerprint density at radius 3 is 2.36 bits per heavy atom. The molecule has 1 heteroatoms. The van der Waals surface area contributed by atoms with Crippen molar-refractivity contribution in [3.05, 3.63) is 0 Å². The predicted octanol–water partition coefficient (Wildman–Crippen LogP) is 4.06. The lowest BCUT2D eigenvalue weighted by Gasteiger charge is -2.33. The van der Waals surface area contributed by atoms with Crippen molar-refractivity contribution in [1.82, 2.24) is 0 Å². The van der Waals surface area contributed by atoms with Gasteiger partial charge in [-0.15, -0.1) is 0 Å². The first-order valence-electron chi connectivity index (χ1n) is 6.21. The molecule has 2 radical (unpaired) electrons. The van der Waals surface area contributed by atoms with Crippen molar-refractivity contribution in [2.75, 3.05) is 0 Å². The third-order valence-corrected chi connectivity index (χ3v) is 4.98. The molecule has 0 aromatic rings. The van der Waals surface area contributed by atoms with Crippen molar-refractivity contribution in [2.24, 2.45) is 23.2 Å². The molecule has 0 spiro atoms. The van der Waals surface area contributed by atoms with E-state index >= 15 is 0 Å². The Hall–Kier alpha value is 0.0649. The van der Waals surface area contributed by atoms with Gasteiger partial charge in [0.25, 0.3) is 0 Å². The Bertz CT molecular complexity index is 190. The van der Waals surface area contributed by atoms with Crippen LogP contribution in [-0.2, 0) is 0 Å². The van der Waals surface area contributed by atoms with Gasteiger partial charge in [0.05, 0.1) is 7.85 Å². The minimum absolute atomic E-state index is 0.435. The van der Waals surface area contributed by atoms with Gasteiger partial charge in [0.15, 0.2) is 0 Å². The molecule has 1 saturated carbocycles. The van der Waals surface area contributed by atoms with Crippen LogP contribution in [0.2, 0.25) is 5.82 Å². The van der Waals surface area contributed by atoms with Crippen LogP contribution >= 0.6 is 0 Å². The SMILES string of the molecule is [B]C1CC(C)(CC)C(C)C1C(C)CC. The second kappa shape index (κ2) is 4.29. The van der Waals surface area contributed by atoms with Gasteiger partial charge in [-0.2, -0.15) is 0 Å². The number of hydrogen-bond acceptors (Lipinski definition) is 0. The topological polar surface area (TPSA) is 0 Å². The van der Waals surface area contributed by atoms with Crippen LogP contribution in [0.1, 0.15) is 53.9 Å². The van der Waals surface area contributed by atoms with E-state index in [0.717, 1.165) is 17.8 Å². The summed E-state index contributed by atoms with van der Waals surface area (Å²) in [5, 5.41) is 0. The molecular weight excluding hydrogens is 167 g/mol. The average molecular weight is 192 g/mol. The second-order valence-electron chi connectivity index (χ2n) is 5.63. The molecule has 14 heavy (non-hydrogen) atoms. The van der Waals surface area contributed by atoms with Crippen LogP contribution in [0.15, 0.2) is 0 Å². The van der Waals surface area contributed by atoms with E-state index < -0.39 is 0 Å². The van der Waals surface area contributed by atoms with Crippen LogP contribution in [0.5, 0.6) is 0 Å². The van der Waals surface area contributed by atoms with E-state index in [4.69, 9.17) is 7.85 Å². The van der Waals surface area contributed by atoms with E-state index in [9.17, 15) is 0 Å². The monoisotopic (exact) mass is 192 g/mol. The van der Waals surface area contributed by atoms with Gasteiger partial charge in [-0.25, -0.2) is 0 Å². The maximum atomic E-state index is 6.30. The van der Waals surface area contributed by atoms with Crippen molar-refractivity contribution < 1.29 is 0 Å². The fourth-order valence-electron chi connectivity index (χ4n) is 3.35. The molecule has 1 fully saturated rings. The highest BCUT2D eigenvalue weighted by molar-refractivity contribution is 6.12. The fraction of sp³-hybridized carbons (Fsp3) is 1.00. The molecule has 0 aromatic heterocycles. The summed E-state index contributed by atoms with van der Waals surface area (Å²) in [6.45, 7) is 11.8. The van der Waals surface area contributed by atoms with Gasteiger partial charge in [0.2, 0.25) is 0 Å². The summed E-state index contributed by atoms with van der Waals surface area (Å²) in [6, 6.07) is 0. The van der Waals surface area contributed by atoms with Crippen molar-refractivity contribution in [1.29, 1.82) is 0 Å². The molecule has 1 rings (SSSR count). The summed E-state index contributed by atoms with van der Waals surface area (Å²) in [5.74, 6) is 2.75. The van der Waals surface area contributed by atoms with E-state index in [-0.39, 0.29) is 0 Å². The van der Waals surface area contributed by atoms with Crippen molar-refractivity contribution in [2.45, 2.75) is 59.7 Å². The van der Waals surface area contributed by atoms with Crippen LogP contribution in [0.4, 0.5) is 0 Å². The minimum Gasteiger partial charge on any atom is -0.0736 e. The molecule has 0 nitrogen and oxygen atoms in total. The van der Waals surface area contributed by atoms with E-state index in [1.165, 1.54) is 19.3 Å². The van der Waals surface area contributed by atoms with E-state index in [1.807, 2.05) is 0 Å². The van der Waals surface area contributed by atoms with Crippen LogP contribution < -0.4 is 0 Å². The van der Waals surface area contributed by atoms with Crippen LogP contribution in [0, 0.1) is 23.2 Å². The summed E-state index contributed by atoms with van der Waals surface area (Å²) in [7, 11) is 6.30. The fourth-order valence-corrected chi connectivity index (χ4v) is 3.35. The lowest BCUT2D eigenvalue weighted by molar-refractivity contribution is 0.171. The first-order valence-corrected chi connectivity index (χ1v) is 6.21. The van der Waals surface area contributed by atoms with E-state index in [0.29, 0.717) is 11.2 Å². The third-order valence-electron chi connectivity index (χ3n) is 4.98. The highest BCUT2D eigenvalue weighted by Gasteiger charge is 2.46. The highest BCUT2D eigenvalue weighted by Crippen LogP contribution is 2.56. The normalized spacial score (nSPS) is 45.4. The summed E-state index contributed by atoms with van der Waals surface area (Å²) in [5.41, 5.74) is 0.494. The van der Waals surface area contributed by atoms with Crippen molar-refractivity contribution in [3.8, 4) is 0 Å². The Labute approximate surface area is 91.3 Å². The van der Waals surface area contributed by atoms with Crippen molar-refractivity contribution >= 4 is 7.85 Å². The van der Waals surface area contributed by atoms with Gasteiger partial charge < -0.3 is 0 Å². The standard InChI is InChI=1S/C13H25B/c1-6-9(3)12-10(4)13(5,7-2)8-11(12)14/h9-12H,6-8H2,1-5H3. The third kappa shape index (κ3) is 1.88. The molecule has 0 saturated heterocycles. The zero-order valence-corrected chi connectivity index (χ0v) is 10.5. The summed E-state index contributed by atoms with van der Waals surface area (Å²) < 4.78 is 0. The summed E-state index contributed by atoms with van der Waals surface area (Å²) in [6.07, 6.45) is 3.76. The number of rotatable bonds is 3. The maximum absolute atomic E-state index is 6.30. The first-order chi connectivity index (χ1) is 6.46. The molecule has 5 atom stereocenters. The van der Waals surface area contributed by atoms with Gasteiger partial charge in [-0.3, -0.25) is 0 Å². The lowest BCUT2D eigenvalue weighted by Crippen LogP contribution is -2.25. The van der Waals surface area contributed by atoms with E-state index in [1.54, 1.807) is 0 Å². The highest BCUT2D eigenvalue weighted by atomic mass is 14.5. The second-order valence-corrected chi connectivity index (χ2v) is 5.63. The summed E-state index contributed by atoms with van der Waals surface area (Å²) in [4.78, 5) is 0. The maximum Gasteiger partial charge on any atom is 0.0703 e. The molecule has 1 aliphatic carbocycles. The minimum atomic E-state index is 0.435. The van der Waals surface area contributed by atoms with Gasteiger partial charge in [0, 0.05) is 0 Å². The zero-order chi connectivity index (χ0) is 10.9. The lowest BCUT2D eigenvalue weighted by atomic mass is 9.69. The van der Waals surface area contributed by atoms with Gasteiger partial charge >= 0.3 is 0 Å². The van der Waals surface area contributed by atoms with Gasteiger partial charge in [-0.05, 0) is 23.2 Å². The Balaban J connectivity index is 2.79. The largest absolute Gasteiger partial charge is 0.0736 e. The Morgan fingerprint density at radius 1 is 1.43 bits per heavy atom. The first kappa shape index (κ1) is 12.1. The molecule has 0 N–H and O–H groups in total. The molecule has 0 amide bonds. The molecule has 0 bridgehead atoms. The predicted molar refractivity (Wildman–Crippen MR) is 64.6 cm³/mol. The van der Waals surface area contributed by atoms with Gasteiger partial charge in [-0.1, -0.05) is 59.7 Å². The van der Waals surface area contributed by atoms with E-state index in [2.05, 4.69) is 34.6 Å². The molecule has 0 aromatic carbocycles. The molecule has 80 valence electrons.